The molecule has 0 bridgehead atoms. The topological polar surface area (TPSA) is 109 Å². The first-order valence-electron chi connectivity index (χ1n) is 1.37. The van der Waals surface area contributed by atoms with Crippen LogP contribution in [0.1, 0.15) is 0 Å². The molecule has 0 amide bonds. The van der Waals surface area contributed by atoms with Crippen LogP contribution in [0.4, 0.5) is 0 Å². The highest BCUT2D eigenvalue weighted by atomic mass is 33.5. The largest absolute Gasteiger partial charge is 0.336 e. The van der Waals surface area contributed by atoms with Crippen molar-refractivity contribution in [2.75, 3.05) is 0 Å². The van der Waals surface area contributed by atoms with Crippen molar-refractivity contribution < 1.29 is 25.9 Å². The molecule has 0 fully saturated rings. The van der Waals surface area contributed by atoms with Crippen molar-refractivity contribution in [2.24, 2.45) is 0 Å². The molecule has 6 nitrogen and oxygen atoms in total. The lowest BCUT2D eigenvalue weighted by atomic mass is 15.9. The maximum absolute atomic E-state index is 9.63. The molecule has 9 heteroatoms. The van der Waals surface area contributed by atoms with Crippen LogP contribution in [-0.4, -0.2) is 25.9 Å². The molecule has 0 atom stereocenters. The maximum Gasteiger partial charge on any atom is 0.336 e. The molecule has 2 N–H and O–H groups in total. The second kappa shape index (κ2) is 2.42. The first kappa shape index (κ1) is 9.17. The highest BCUT2D eigenvalue weighted by Crippen LogP contribution is 2.15. The van der Waals surface area contributed by atoms with Crippen molar-refractivity contribution in [3.8, 4) is 0 Å². The summed E-state index contributed by atoms with van der Waals surface area (Å²) in [5.74, 6) is 0. The lowest BCUT2D eigenvalue weighted by Gasteiger charge is -1.87. The molecule has 0 aromatic carbocycles. The Kier molecular flexibility index (Phi) is 2.47. The fraction of sp³-hybridized carbons (Fsp3) is 0. The second-order valence-corrected chi connectivity index (χ2v) is 6.93. The summed E-state index contributed by atoms with van der Waals surface area (Å²) in [5.41, 5.74) is 0. The van der Waals surface area contributed by atoms with Gasteiger partial charge in [-0.3, -0.25) is 9.11 Å². The van der Waals surface area contributed by atoms with E-state index in [0.717, 1.165) is 0 Å². The van der Waals surface area contributed by atoms with Crippen LogP contribution in [0.15, 0.2) is 0 Å². The average Bonchev–Trinajstić information content (AvgIpc) is 1.14. The molecule has 9 heavy (non-hydrogen) atoms. The molecule has 0 aromatic rings. The molecule has 56 valence electrons. The predicted molar refractivity (Wildman–Crippen MR) is 30.7 cm³/mol. The van der Waals surface area contributed by atoms with E-state index < -0.39 is 28.1 Å². The molecule has 0 unspecified atom stereocenters. The molecule has 0 spiro atoms. The number of hydrogen-bond donors (Lipinski definition) is 2. The molecule has 0 radical (unpaired) electrons. The van der Waals surface area contributed by atoms with Crippen molar-refractivity contribution in [1.82, 2.24) is 0 Å². The molecule has 0 aliphatic rings. The van der Waals surface area contributed by atoms with Crippen molar-refractivity contribution in [3.05, 3.63) is 0 Å². The average molecular weight is 194 g/mol. The molecule has 0 aromatic heterocycles. The standard InChI is InChI=1S/H2O6S3/c1-8(2,3)7-9(4,5)6/h(H,1,2,3)(H,4,5,6). The Bertz CT molecular complexity index is 233. The van der Waals surface area contributed by atoms with Gasteiger partial charge in [0.05, 0.1) is 0 Å². The normalized spacial score (nSPS) is 13.6. The summed E-state index contributed by atoms with van der Waals surface area (Å²) in [6.07, 6.45) is 0. The van der Waals surface area contributed by atoms with Gasteiger partial charge in [0, 0.05) is 0 Å². The van der Waals surface area contributed by atoms with Gasteiger partial charge in [-0.1, -0.05) is 0 Å². The van der Waals surface area contributed by atoms with Crippen LogP contribution < -0.4 is 0 Å². The monoisotopic (exact) mass is 194 g/mol. The van der Waals surface area contributed by atoms with Gasteiger partial charge in [-0.25, -0.2) is 0 Å². The summed E-state index contributed by atoms with van der Waals surface area (Å²) in [6.45, 7) is 0. The predicted octanol–water partition coefficient (Wildman–Crippen LogP) is -0.675. The Labute approximate surface area is 54.6 Å². The van der Waals surface area contributed by atoms with Crippen LogP contribution in [0, 0.1) is 0 Å². The molecule has 0 aliphatic heterocycles. The fourth-order valence-corrected chi connectivity index (χ4v) is 2.93. The fourth-order valence-electron chi connectivity index (χ4n) is 0.109. The quantitative estimate of drug-likeness (QED) is 0.443. The zero-order valence-electron chi connectivity index (χ0n) is 3.75. The number of rotatable bonds is 2. The zero-order valence-corrected chi connectivity index (χ0v) is 6.20. The van der Waals surface area contributed by atoms with Crippen LogP contribution in [0.5, 0.6) is 0 Å². The van der Waals surface area contributed by atoms with Gasteiger partial charge in [0.1, 0.15) is 0 Å². The summed E-state index contributed by atoms with van der Waals surface area (Å²) >= 11 is 0. The Balaban J connectivity index is 4.46. The zero-order chi connectivity index (χ0) is 7.71. The van der Waals surface area contributed by atoms with E-state index in [4.69, 9.17) is 9.11 Å². The van der Waals surface area contributed by atoms with Gasteiger partial charge in [0.15, 0.2) is 9.83 Å². The highest BCUT2D eigenvalue weighted by molar-refractivity contribution is 9.02. The van der Waals surface area contributed by atoms with Crippen LogP contribution in [0.25, 0.3) is 0 Å². The second-order valence-electron chi connectivity index (χ2n) is 0.924. The van der Waals surface area contributed by atoms with Crippen molar-refractivity contribution in [1.29, 1.82) is 0 Å². The lowest BCUT2D eigenvalue weighted by molar-refractivity contribution is 0.500. The Hall–Kier alpha value is 0.170. The number of hydrogen-bond acceptors (Lipinski definition) is 5. The third-order valence-corrected chi connectivity index (χ3v) is 4.64. The van der Waals surface area contributed by atoms with Crippen molar-refractivity contribution in [3.63, 3.8) is 0 Å². The Morgan fingerprint density at radius 2 is 1.11 bits per heavy atom. The van der Waals surface area contributed by atoms with E-state index in [1.807, 2.05) is 0 Å². The smallest absolute Gasteiger partial charge is 0.276 e. The van der Waals surface area contributed by atoms with Gasteiger partial charge in [0.2, 0.25) is 0 Å². The molecular formula is H2O6S3. The Morgan fingerprint density at radius 3 is 1.11 bits per heavy atom. The lowest BCUT2D eigenvalue weighted by Crippen LogP contribution is -1.97. The van der Waals surface area contributed by atoms with Gasteiger partial charge in [0.25, 0.3) is 0 Å². The van der Waals surface area contributed by atoms with Crippen LogP contribution in [0.2, 0.25) is 0 Å². The van der Waals surface area contributed by atoms with Crippen molar-refractivity contribution >= 4 is 28.1 Å². The maximum atomic E-state index is 9.63. The summed E-state index contributed by atoms with van der Waals surface area (Å²) in [4.78, 5) is 0. The van der Waals surface area contributed by atoms with E-state index in [1.165, 1.54) is 0 Å². The third-order valence-electron chi connectivity index (χ3n) is 0.172. The molecule has 0 heterocycles. The first-order chi connectivity index (χ1) is 3.71. The molecule has 0 aliphatic carbocycles. The highest BCUT2D eigenvalue weighted by Gasteiger charge is 2.17. The summed E-state index contributed by atoms with van der Waals surface area (Å²) in [6, 6.07) is 0. The van der Waals surface area contributed by atoms with E-state index >= 15 is 0 Å². The van der Waals surface area contributed by atoms with Gasteiger partial charge in [-0.2, -0.15) is 16.8 Å². The summed E-state index contributed by atoms with van der Waals surface area (Å²) < 4.78 is 54.0. The van der Waals surface area contributed by atoms with E-state index in [9.17, 15) is 16.8 Å². The van der Waals surface area contributed by atoms with Crippen molar-refractivity contribution in [2.45, 2.75) is 0 Å². The van der Waals surface area contributed by atoms with Gasteiger partial charge in [-0.15, -0.1) is 0 Å². The van der Waals surface area contributed by atoms with Gasteiger partial charge in [-0.05, 0) is 0 Å². The van der Waals surface area contributed by atoms with E-state index in [2.05, 4.69) is 0 Å². The van der Waals surface area contributed by atoms with Gasteiger partial charge < -0.3 is 0 Å². The molecule has 0 rings (SSSR count). The first-order valence-corrected chi connectivity index (χ1v) is 6.10. The molecule has 0 saturated carbocycles. The summed E-state index contributed by atoms with van der Waals surface area (Å²) in [5, 5.41) is 0. The minimum absolute atomic E-state index is 0.931. The van der Waals surface area contributed by atoms with Gasteiger partial charge >= 0.3 is 18.3 Å². The SMILES string of the molecule is O=S(=O)(O)SS(=O)(=O)O. The third kappa shape index (κ3) is 8.17. The van der Waals surface area contributed by atoms with Crippen LogP contribution in [-0.2, 0) is 18.3 Å². The van der Waals surface area contributed by atoms with Crippen LogP contribution >= 0.6 is 9.83 Å². The molecular weight excluding hydrogens is 192 g/mol. The van der Waals surface area contributed by atoms with E-state index in [1.54, 1.807) is 0 Å². The van der Waals surface area contributed by atoms with Crippen LogP contribution in [0.3, 0.4) is 0 Å². The minimum atomic E-state index is -4.70. The van der Waals surface area contributed by atoms with E-state index in [-0.39, 0.29) is 0 Å². The summed E-state index contributed by atoms with van der Waals surface area (Å²) in [7, 11) is -10.3. The molecule has 0 saturated heterocycles. The minimum Gasteiger partial charge on any atom is -0.276 e. The van der Waals surface area contributed by atoms with E-state index in [0.29, 0.717) is 0 Å². The Morgan fingerprint density at radius 1 is 0.889 bits per heavy atom.